The highest BCUT2D eigenvalue weighted by atomic mass is 35.5. The van der Waals surface area contributed by atoms with Crippen LogP contribution < -0.4 is 4.90 Å². The Balaban J connectivity index is 2.36. The first-order valence-electron chi connectivity index (χ1n) is 5.59. The fourth-order valence-electron chi connectivity index (χ4n) is 2.10. The molecule has 3 nitrogen and oxygen atoms in total. The van der Waals surface area contributed by atoms with Gasteiger partial charge in [0.05, 0.1) is 41.1 Å². The summed E-state index contributed by atoms with van der Waals surface area (Å²) in [5, 5.41) is 9.45. The second kappa shape index (κ2) is 4.56. The number of ether oxygens (including phenoxy) is 1. The van der Waals surface area contributed by atoms with Crippen LogP contribution in [-0.4, -0.2) is 25.3 Å². The Morgan fingerprint density at radius 3 is 2.82 bits per heavy atom. The van der Waals surface area contributed by atoms with E-state index in [1.54, 1.807) is 12.1 Å². The number of rotatable bonds is 1. The Kier molecular flexibility index (Phi) is 3.28. The van der Waals surface area contributed by atoms with Crippen LogP contribution >= 0.6 is 11.6 Å². The molecule has 1 heterocycles. The molecular weight excluding hydrogens is 236 g/mol. The quantitative estimate of drug-likeness (QED) is 0.769. The van der Waals surface area contributed by atoms with Crippen molar-refractivity contribution in [2.24, 2.45) is 0 Å². The molecule has 0 spiro atoms. The van der Waals surface area contributed by atoms with Crippen LogP contribution in [0.1, 0.15) is 19.4 Å². The lowest BCUT2D eigenvalue weighted by Gasteiger charge is -2.44. The van der Waals surface area contributed by atoms with Gasteiger partial charge in [-0.1, -0.05) is 11.6 Å². The molecule has 0 amide bonds. The van der Waals surface area contributed by atoms with E-state index in [0.717, 1.165) is 12.2 Å². The monoisotopic (exact) mass is 250 g/mol. The normalized spacial score (nSPS) is 18.8. The van der Waals surface area contributed by atoms with Crippen molar-refractivity contribution in [3.8, 4) is 6.07 Å². The van der Waals surface area contributed by atoms with Crippen molar-refractivity contribution in [2.75, 3.05) is 24.7 Å². The van der Waals surface area contributed by atoms with Crippen LogP contribution in [0.25, 0.3) is 0 Å². The van der Waals surface area contributed by atoms with Gasteiger partial charge in [-0.3, -0.25) is 0 Å². The molecule has 0 unspecified atom stereocenters. The maximum Gasteiger partial charge on any atom is 0.0992 e. The average Bonchev–Trinajstić information content (AvgIpc) is 2.29. The number of morpholine rings is 1. The van der Waals surface area contributed by atoms with Gasteiger partial charge < -0.3 is 9.64 Å². The zero-order chi connectivity index (χ0) is 12.5. The standard InChI is InChI=1S/C13H15ClN2O/c1-13(2)9-17-6-5-16(13)12-4-3-10(8-15)7-11(12)14/h3-4,7H,5-6,9H2,1-2H3. The highest BCUT2D eigenvalue weighted by Crippen LogP contribution is 2.33. The van der Waals surface area contributed by atoms with Crippen LogP contribution in [0, 0.1) is 11.3 Å². The molecule has 4 heteroatoms. The summed E-state index contributed by atoms with van der Waals surface area (Å²) < 4.78 is 5.48. The van der Waals surface area contributed by atoms with E-state index in [-0.39, 0.29) is 5.54 Å². The lowest BCUT2D eigenvalue weighted by molar-refractivity contribution is 0.0644. The summed E-state index contributed by atoms with van der Waals surface area (Å²) >= 11 is 6.24. The van der Waals surface area contributed by atoms with Crippen molar-refractivity contribution in [3.05, 3.63) is 28.8 Å². The predicted molar refractivity (Wildman–Crippen MR) is 68.4 cm³/mol. The second-order valence-corrected chi connectivity index (χ2v) is 5.20. The maximum absolute atomic E-state index is 8.82. The van der Waals surface area contributed by atoms with E-state index in [1.165, 1.54) is 0 Å². The Hall–Kier alpha value is -1.24. The van der Waals surface area contributed by atoms with Gasteiger partial charge in [0.1, 0.15) is 0 Å². The molecule has 90 valence electrons. The summed E-state index contributed by atoms with van der Waals surface area (Å²) in [6.07, 6.45) is 0. The van der Waals surface area contributed by atoms with Gasteiger partial charge in [0.25, 0.3) is 0 Å². The lowest BCUT2D eigenvalue weighted by atomic mass is 10.0. The number of nitrogens with zero attached hydrogens (tertiary/aromatic N) is 2. The molecule has 1 aliphatic heterocycles. The maximum atomic E-state index is 8.82. The smallest absolute Gasteiger partial charge is 0.0992 e. The number of hydrogen-bond acceptors (Lipinski definition) is 3. The Morgan fingerprint density at radius 1 is 1.47 bits per heavy atom. The van der Waals surface area contributed by atoms with Gasteiger partial charge in [-0.25, -0.2) is 0 Å². The Morgan fingerprint density at radius 2 is 2.24 bits per heavy atom. The van der Waals surface area contributed by atoms with Gasteiger partial charge >= 0.3 is 0 Å². The summed E-state index contributed by atoms with van der Waals surface area (Å²) in [4.78, 5) is 2.24. The minimum atomic E-state index is -0.0734. The largest absolute Gasteiger partial charge is 0.377 e. The Bertz CT molecular complexity index is 465. The molecule has 1 saturated heterocycles. The number of hydrogen-bond donors (Lipinski definition) is 0. The molecule has 0 N–H and O–H groups in total. The molecule has 0 bridgehead atoms. The number of anilines is 1. The fourth-order valence-corrected chi connectivity index (χ4v) is 2.38. The van der Waals surface area contributed by atoms with Crippen LogP contribution in [0.3, 0.4) is 0 Å². The van der Waals surface area contributed by atoms with Crippen LogP contribution in [0.4, 0.5) is 5.69 Å². The lowest BCUT2D eigenvalue weighted by Crippen LogP contribution is -2.53. The first-order chi connectivity index (χ1) is 8.04. The number of benzene rings is 1. The van der Waals surface area contributed by atoms with Crippen molar-refractivity contribution in [3.63, 3.8) is 0 Å². The molecule has 1 aromatic rings. The van der Waals surface area contributed by atoms with Crippen molar-refractivity contribution >= 4 is 17.3 Å². The highest BCUT2D eigenvalue weighted by molar-refractivity contribution is 6.33. The van der Waals surface area contributed by atoms with Gasteiger partial charge in [0.2, 0.25) is 0 Å². The van der Waals surface area contributed by atoms with Crippen molar-refractivity contribution < 1.29 is 4.74 Å². The van der Waals surface area contributed by atoms with Crippen molar-refractivity contribution in [1.29, 1.82) is 5.26 Å². The molecule has 17 heavy (non-hydrogen) atoms. The molecular formula is C13H15ClN2O. The van der Waals surface area contributed by atoms with E-state index in [0.29, 0.717) is 23.8 Å². The first-order valence-corrected chi connectivity index (χ1v) is 5.97. The van der Waals surface area contributed by atoms with E-state index in [2.05, 4.69) is 24.8 Å². The van der Waals surface area contributed by atoms with Crippen LogP contribution in [0.15, 0.2) is 18.2 Å². The molecule has 0 saturated carbocycles. The minimum absolute atomic E-state index is 0.0734. The topological polar surface area (TPSA) is 36.3 Å². The van der Waals surface area contributed by atoms with E-state index >= 15 is 0 Å². The minimum Gasteiger partial charge on any atom is -0.377 e. The molecule has 1 aromatic carbocycles. The Labute approximate surface area is 107 Å². The van der Waals surface area contributed by atoms with Gasteiger partial charge in [-0.15, -0.1) is 0 Å². The summed E-state index contributed by atoms with van der Waals surface area (Å²) in [5.41, 5.74) is 1.49. The number of halogens is 1. The third-order valence-corrected chi connectivity index (χ3v) is 3.32. The fraction of sp³-hybridized carbons (Fsp3) is 0.462. The molecule has 0 radical (unpaired) electrons. The molecule has 0 aromatic heterocycles. The van der Waals surface area contributed by atoms with Gasteiger partial charge in [0, 0.05) is 6.54 Å². The first kappa shape index (κ1) is 12.2. The number of nitriles is 1. The van der Waals surface area contributed by atoms with E-state index in [9.17, 15) is 0 Å². The second-order valence-electron chi connectivity index (χ2n) is 4.79. The summed E-state index contributed by atoms with van der Waals surface area (Å²) in [7, 11) is 0. The van der Waals surface area contributed by atoms with Crippen molar-refractivity contribution in [2.45, 2.75) is 19.4 Å². The molecule has 1 aliphatic rings. The van der Waals surface area contributed by atoms with Gasteiger partial charge in [-0.05, 0) is 32.0 Å². The summed E-state index contributed by atoms with van der Waals surface area (Å²) in [6.45, 7) is 6.46. The van der Waals surface area contributed by atoms with Crippen molar-refractivity contribution in [1.82, 2.24) is 0 Å². The van der Waals surface area contributed by atoms with Crippen LogP contribution in [0.5, 0.6) is 0 Å². The van der Waals surface area contributed by atoms with E-state index < -0.39 is 0 Å². The highest BCUT2D eigenvalue weighted by Gasteiger charge is 2.31. The zero-order valence-corrected chi connectivity index (χ0v) is 10.8. The molecule has 1 fully saturated rings. The molecule has 0 atom stereocenters. The SMILES string of the molecule is CC1(C)COCCN1c1ccc(C#N)cc1Cl. The zero-order valence-electron chi connectivity index (χ0n) is 10.0. The average molecular weight is 251 g/mol. The van der Waals surface area contributed by atoms with E-state index in [1.807, 2.05) is 6.07 Å². The third kappa shape index (κ3) is 2.38. The third-order valence-electron chi connectivity index (χ3n) is 3.01. The summed E-state index contributed by atoms with van der Waals surface area (Å²) in [5.74, 6) is 0. The van der Waals surface area contributed by atoms with Gasteiger partial charge in [-0.2, -0.15) is 5.26 Å². The van der Waals surface area contributed by atoms with Crippen LogP contribution in [0.2, 0.25) is 5.02 Å². The predicted octanol–water partition coefficient (Wildman–Crippen LogP) is 2.83. The van der Waals surface area contributed by atoms with E-state index in [4.69, 9.17) is 21.6 Å². The van der Waals surface area contributed by atoms with Crippen LogP contribution in [-0.2, 0) is 4.74 Å². The van der Waals surface area contributed by atoms with Gasteiger partial charge in [0.15, 0.2) is 0 Å². The molecule has 0 aliphatic carbocycles. The molecule has 2 rings (SSSR count). The summed E-state index contributed by atoms with van der Waals surface area (Å²) in [6, 6.07) is 7.51.